The molecule has 0 bridgehead atoms. The Hall–Kier alpha value is -1.63. The van der Waals surface area contributed by atoms with Gasteiger partial charge in [0.15, 0.2) is 0 Å². The van der Waals surface area contributed by atoms with Crippen molar-refractivity contribution in [2.24, 2.45) is 4.40 Å². The van der Waals surface area contributed by atoms with Gasteiger partial charge in [-0.15, -0.1) is 0 Å². The molecule has 0 aromatic rings. The van der Waals surface area contributed by atoms with Crippen LogP contribution in [-0.2, 0) is 14.8 Å². The number of hydrogen-bond acceptors (Lipinski definition) is 4. The Morgan fingerprint density at radius 3 is 2.57 bits per heavy atom. The van der Waals surface area contributed by atoms with Crippen molar-refractivity contribution in [2.75, 3.05) is 0 Å². The summed E-state index contributed by atoms with van der Waals surface area (Å²) in [6, 6.07) is 0. The summed E-state index contributed by atoms with van der Waals surface area (Å²) < 4.78 is 33.7. The number of alkyl carbamates (subject to hydrolysis) is 1. The second-order valence-corrected chi connectivity index (χ2v) is 8.74. The predicted molar refractivity (Wildman–Crippen MR) is 89.8 cm³/mol. The lowest BCUT2D eigenvalue weighted by atomic mass is 10.1. The van der Waals surface area contributed by atoms with Gasteiger partial charge in [-0.3, -0.25) is 5.32 Å². The van der Waals surface area contributed by atoms with E-state index in [9.17, 15) is 13.2 Å². The predicted octanol–water partition coefficient (Wildman–Crippen LogP) is 3.07. The van der Waals surface area contributed by atoms with Gasteiger partial charge in [0.1, 0.15) is 5.60 Å². The van der Waals surface area contributed by atoms with Crippen molar-refractivity contribution in [3.05, 3.63) is 23.9 Å². The highest BCUT2D eigenvalue weighted by atomic mass is 32.2. The number of nitrogens with one attached hydrogen (secondary N) is 1. The zero-order valence-corrected chi connectivity index (χ0v) is 14.6. The molecule has 2 aliphatic rings. The highest BCUT2D eigenvalue weighted by Gasteiger charge is 2.28. The van der Waals surface area contributed by atoms with Crippen LogP contribution in [0.5, 0.6) is 0 Å². The maximum Gasteiger partial charge on any atom is 0.411 e. The third-order valence-electron chi connectivity index (χ3n) is 3.59. The van der Waals surface area contributed by atoms with Gasteiger partial charge in [-0.1, -0.05) is 18.9 Å². The van der Waals surface area contributed by atoms with Crippen LogP contribution in [0, 0.1) is 0 Å². The molecule has 0 aliphatic heterocycles. The zero-order valence-electron chi connectivity index (χ0n) is 13.8. The largest absolute Gasteiger partial charge is 0.444 e. The van der Waals surface area contributed by atoms with E-state index in [2.05, 4.69) is 9.71 Å². The van der Waals surface area contributed by atoms with E-state index >= 15 is 0 Å². The van der Waals surface area contributed by atoms with Crippen molar-refractivity contribution in [3.63, 3.8) is 0 Å². The Morgan fingerprint density at radius 2 is 1.96 bits per heavy atom. The fraction of sp³-hybridized carbons (Fsp3) is 0.625. The lowest BCUT2D eigenvalue weighted by molar-refractivity contribution is 0.0545. The molecule has 0 radical (unpaired) electrons. The monoisotopic (exact) mass is 340 g/mol. The first-order valence-electron chi connectivity index (χ1n) is 7.86. The first-order valence-corrected chi connectivity index (χ1v) is 9.36. The van der Waals surface area contributed by atoms with Crippen molar-refractivity contribution >= 4 is 21.8 Å². The van der Waals surface area contributed by atoms with E-state index in [0.717, 1.165) is 12.8 Å². The number of sulfonamides is 1. The van der Waals surface area contributed by atoms with E-state index in [1.165, 1.54) is 0 Å². The molecule has 0 aromatic carbocycles. The van der Waals surface area contributed by atoms with E-state index in [1.54, 1.807) is 39.0 Å². The molecule has 1 amide bonds. The minimum absolute atomic E-state index is 0.266. The van der Waals surface area contributed by atoms with Crippen molar-refractivity contribution in [2.45, 2.75) is 63.7 Å². The summed E-state index contributed by atoms with van der Waals surface area (Å²) in [5.41, 5.74) is 0.422. The number of allylic oxidation sites excluding steroid dienone is 4. The normalized spacial score (nSPS) is 21.3. The van der Waals surface area contributed by atoms with Crippen LogP contribution in [0.25, 0.3) is 0 Å². The number of hydrogen-bond donors (Lipinski definition) is 1. The minimum atomic E-state index is -3.47. The number of carbonyl (C=O) groups is 1. The second kappa shape index (κ2) is 6.86. The molecular weight excluding hydrogens is 316 g/mol. The molecule has 23 heavy (non-hydrogen) atoms. The molecule has 2 rings (SSSR count). The van der Waals surface area contributed by atoms with Crippen LogP contribution in [-0.4, -0.2) is 31.1 Å². The number of nitrogens with zero attached hydrogens (tertiary/aromatic N) is 1. The summed E-state index contributed by atoms with van der Waals surface area (Å²) >= 11 is 0. The molecule has 0 heterocycles. The maximum atomic E-state index is 12.3. The maximum absolute atomic E-state index is 12.3. The van der Waals surface area contributed by atoms with E-state index in [-0.39, 0.29) is 11.7 Å². The standard InChI is InChI=1S/C16H24N2O4S/c1-16(2,3)22-15(19)17-12-7-6-8-13(11-12)18-23(20,21)14-9-4-5-10-14/h6-8,14H,4-5,9-11H2,1-3H3,(H,17,19). The topological polar surface area (TPSA) is 84.8 Å². The van der Waals surface area contributed by atoms with Crippen molar-refractivity contribution in [1.82, 2.24) is 5.32 Å². The van der Waals surface area contributed by atoms with Gasteiger partial charge >= 0.3 is 6.09 Å². The molecule has 0 atom stereocenters. The first kappa shape index (κ1) is 17.7. The van der Waals surface area contributed by atoms with Crippen LogP contribution in [0.15, 0.2) is 28.3 Å². The van der Waals surface area contributed by atoms with Crippen LogP contribution in [0.3, 0.4) is 0 Å². The number of carbonyl (C=O) groups excluding carboxylic acids is 1. The number of amides is 1. The molecule has 2 aliphatic carbocycles. The van der Waals surface area contributed by atoms with Gasteiger partial charge in [0, 0.05) is 12.1 Å². The van der Waals surface area contributed by atoms with E-state index in [4.69, 9.17) is 4.74 Å². The number of ether oxygens (including phenoxy) is 1. The Morgan fingerprint density at radius 1 is 1.30 bits per heavy atom. The van der Waals surface area contributed by atoms with Crippen LogP contribution < -0.4 is 5.32 Å². The molecule has 0 aromatic heterocycles. The van der Waals surface area contributed by atoms with Crippen molar-refractivity contribution in [3.8, 4) is 0 Å². The lowest BCUT2D eigenvalue weighted by Crippen LogP contribution is -2.33. The average molecular weight is 340 g/mol. The molecule has 0 unspecified atom stereocenters. The highest BCUT2D eigenvalue weighted by molar-refractivity contribution is 7.90. The summed E-state index contributed by atoms with van der Waals surface area (Å²) in [6.45, 7) is 5.34. The quantitative estimate of drug-likeness (QED) is 0.855. The molecule has 1 fully saturated rings. The van der Waals surface area contributed by atoms with Gasteiger partial charge in [-0.05, 0) is 45.8 Å². The summed E-state index contributed by atoms with van der Waals surface area (Å²) in [5, 5.41) is 2.27. The average Bonchev–Trinajstić information content (AvgIpc) is 2.90. The fourth-order valence-electron chi connectivity index (χ4n) is 2.60. The molecule has 0 spiro atoms. The fourth-order valence-corrected chi connectivity index (χ4v) is 4.13. The molecule has 1 N–H and O–H groups in total. The van der Waals surface area contributed by atoms with E-state index < -0.39 is 21.7 Å². The molecule has 1 saturated carbocycles. The molecule has 128 valence electrons. The van der Waals surface area contributed by atoms with Crippen LogP contribution >= 0.6 is 0 Å². The zero-order chi connectivity index (χ0) is 17.1. The van der Waals surface area contributed by atoms with E-state index in [1.807, 2.05) is 0 Å². The van der Waals surface area contributed by atoms with Gasteiger partial charge < -0.3 is 4.74 Å². The van der Waals surface area contributed by atoms with Gasteiger partial charge in [0.05, 0.1) is 11.0 Å². The Bertz CT molecular complexity index is 648. The Labute approximate surface area is 137 Å². The Kier molecular flexibility index (Phi) is 5.29. The van der Waals surface area contributed by atoms with E-state index in [0.29, 0.717) is 24.3 Å². The first-order chi connectivity index (χ1) is 10.7. The van der Waals surface area contributed by atoms with Crippen molar-refractivity contribution in [1.29, 1.82) is 0 Å². The summed E-state index contributed by atoms with van der Waals surface area (Å²) in [7, 11) is -3.47. The summed E-state index contributed by atoms with van der Waals surface area (Å²) in [6.07, 6.45) is 8.01. The molecule has 6 nitrogen and oxygen atoms in total. The minimum Gasteiger partial charge on any atom is -0.444 e. The van der Waals surface area contributed by atoms with Crippen LogP contribution in [0.4, 0.5) is 4.79 Å². The number of rotatable bonds is 3. The third-order valence-corrected chi connectivity index (χ3v) is 5.39. The SMILES string of the molecule is CC(C)(C)OC(=O)NC1=CC=CC(=NS(=O)(=O)C2CCCC2)C1. The third kappa shape index (κ3) is 5.49. The van der Waals surface area contributed by atoms with Crippen LogP contribution in [0.2, 0.25) is 0 Å². The molecular formula is C16H24N2O4S. The van der Waals surface area contributed by atoms with Crippen LogP contribution in [0.1, 0.15) is 52.9 Å². The Balaban J connectivity index is 2.00. The van der Waals surface area contributed by atoms with Gasteiger partial charge in [0.25, 0.3) is 10.0 Å². The van der Waals surface area contributed by atoms with Gasteiger partial charge in [0.2, 0.25) is 0 Å². The smallest absolute Gasteiger partial charge is 0.411 e. The van der Waals surface area contributed by atoms with Gasteiger partial charge in [-0.2, -0.15) is 4.40 Å². The summed E-state index contributed by atoms with van der Waals surface area (Å²) in [5.74, 6) is 0. The summed E-state index contributed by atoms with van der Waals surface area (Å²) in [4.78, 5) is 11.8. The highest BCUT2D eigenvalue weighted by Crippen LogP contribution is 2.26. The van der Waals surface area contributed by atoms with Crippen molar-refractivity contribution < 1.29 is 17.9 Å². The van der Waals surface area contributed by atoms with Gasteiger partial charge in [-0.25, -0.2) is 13.2 Å². The second-order valence-electron chi connectivity index (χ2n) is 6.86. The molecule has 7 heteroatoms. The lowest BCUT2D eigenvalue weighted by Gasteiger charge is -2.21. The molecule has 0 saturated heterocycles.